The topological polar surface area (TPSA) is 90.6 Å². The van der Waals surface area contributed by atoms with Crippen molar-refractivity contribution in [3.63, 3.8) is 0 Å². The monoisotopic (exact) mass is 700 g/mol. The zero-order chi connectivity index (χ0) is 35.3. The van der Waals surface area contributed by atoms with Crippen LogP contribution in [0.3, 0.4) is 0 Å². The van der Waals surface area contributed by atoms with Crippen molar-refractivity contribution in [2.45, 2.75) is 123 Å². The number of hydrogen-bond donors (Lipinski definition) is 1. The van der Waals surface area contributed by atoms with Gasteiger partial charge in [-0.1, -0.05) is 77.9 Å². The summed E-state index contributed by atoms with van der Waals surface area (Å²) in [6.45, 7) is 24.4. The Morgan fingerprint density at radius 2 is 1.61 bits per heavy atom. The summed E-state index contributed by atoms with van der Waals surface area (Å²) in [6, 6.07) is 16.8. The van der Waals surface area contributed by atoms with Crippen LogP contribution in [-0.2, 0) is 28.8 Å². The van der Waals surface area contributed by atoms with Gasteiger partial charge >= 0.3 is 0 Å². The van der Waals surface area contributed by atoms with Gasteiger partial charge in [0.15, 0.2) is 5.82 Å². The molecule has 1 aliphatic heterocycles. The molecule has 0 amide bonds. The Bertz CT molecular complexity index is 1740. The molecule has 264 valence electrons. The lowest BCUT2D eigenvalue weighted by atomic mass is 9.73. The number of anilines is 1. The SMILES string of the molecule is Cc1nc(N2CCC3(CC2)Cc2nc(CO[Si](C(C)C)(C(C)C)C(C)C)ccc2[C@H]3N[S@+]([O-])C(C)(C)C)c2ccnn2c1-c1ccccc1. The van der Waals surface area contributed by atoms with E-state index in [-0.39, 0.29) is 16.2 Å². The molecule has 1 saturated heterocycles. The van der Waals surface area contributed by atoms with Crippen LogP contribution in [0.2, 0.25) is 16.6 Å². The molecular weight excluding hydrogens is 645 g/mol. The van der Waals surface area contributed by atoms with Crippen LogP contribution in [0.1, 0.15) is 104 Å². The molecule has 3 aromatic heterocycles. The van der Waals surface area contributed by atoms with Gasteiger partial charge in [0.2, 0.25) is 8.32 Å². The minimum Gasteiger partial charge on any atom is -0.598 e. The van der Waals surface area contributed by atoms with Crippen molar-refractivity contribution in [1.82, 2.24) is 24.3 Å². The van der Waals surface area contributed by atoms with Crippen molar-refractivity contribution in [2.75, 3.05) is 18.0 Å². The average molecular weight is 701 g/mol. The summed E-state index contributed by atoms with van der Waals surface area (Å²) in [6.07, 6.45) is 4.63. The molecule has 0 bridgehead atoms. The van der Waals surface area contributed by atoms with Crippen LogP contribution in [-0.4, -0.2) is 50.3 Å². The molecule has 1 N–H and O–H groups in total. The Balaban J connectivity index is 1.28. The van der Waals surface area contributed by atoms with Crippen molar-refractivity contribution in [3.8, 4) is 11.3 Å². The highest BCUT2D eigenvalue weighted by Gasteiger charge is 2.52. The van der Waals surface area contributed by atoms with Gasteiger partial charge in [-0.05, 0) is 81.3 Å². The maximum absolute atomic E-state index is 13.7. The summed E-state index contributed by atoms with van der Waals surface area (Å²) < 4.78 is 25.9. The smallest absolute Gasteiger partial charge is 0.200 e. The van der Waals surface area contributed by atoms with Crippen LogP contribution in [0.5, 0.6) is 0 Å². The molecule has 0 radical (unpaired) electrons. The van der Waals surface area contributed by atoms with E-state index in [9.17, 15) is 4.55 Å². The summed E-state index contributed by atoms with van der Waals surface area (Å²) in [5.74, 6) is 0.980. The van der Waals surface area contributed by atoms with E-state index in [1.54, 1.807) is 0 Å². The third-order valence-corrected chi connectivity index (χ3v) is 18.9. The number of nitrogens with one attached hydrogen (secondary N) is 1. The number of rotatable bonds is 10. The fraction of sp³-hybridized carbons (Fsp3) is 0.564. The molecule has 2 aliphatic rings. The second-order valence-corrected chi connectivity index (χ2v) is 23.7. The number of piperidine rings is 1. The summed E-state index contributed by atoms with van der Waals surface area (Å²) >= 11 is -1.21. The highest BCUT2D eigenvalue weighted by molar-refractivity contribution is 7.90. The van der Waals surface area contributed by atoms with Gasteiger partial charge in [0.25, 0.3) is 0 Å². The van der Waals surface area contributed by atoms with E-state index in [0.29, 0.717) is 23.2 Å². The molecular formula is C39H56N6O2SSi. The lowest BCUT2D eigenvalue weighted by Gasteiger charge is -2.44. The van der Waals surface area contributed by atoms with Crippen molar-refractivity contribution in [1.29, 1.82) is 0 Å². The van der Waals surface area contributed by atoms with Crippen molar-refractivity contribution in [3.05, 3.63) is 77.4 Å². The summed E-state index contributed by atoms with van der Waals surface area (Å²) in [7, 11) is -2.02. The van der Waals surface area contributed by atoms with Gasteiger partial charge in [0.05, 0.1) is 35.9 Å². The van der Waals surface area contributed by atoms with Crippen LogP contribution in [0.15, 0.2) is 54.7 Å². The van der Waals surface area contributed by atoms with Crippen molar-refractivity contribution in [2.24, 2.45) is 5.41 Å². The zero-order valence-electron chi connectivity index (χ0n) is 31.2. The molecule has 1 aromatic carbocycles. The van der Waals surface area contributed by atoms with Gasteiger partial charge in [-0.25, -0.2) is 9.50 Å². The summed E-state index contributed by atoms with van der Waals surface area (Å²) in [5, 5.41) is 4.73. The Morgan fingerprint density at radius 1 is 0.959 bits per heavy atom. The van der Waals surface area contributed by atoms with Gasteiger partial charge in [-0.15, -0.1) is 4.72 Å². The van der Waals surface area contributed by atoms with Crippen LogP contribution in [0, 0.1) is 12.3 Å². The third kappa shape index (κ3) is 6.60. The van der Waals surface area contributed by atoms with Gasteiger partial charge in [-0.2, -0.15) is 5.10 Å². The van der Waals surface area contributed by atoms with Gasteiger partial charge in [-0.3, -0.25) is 4.98 Å². The Labute approximate surface area is 297 Å². The standard InChI is InChI=1S/C39H56N6O2SSi/c1-26(2)49(27(3)4,28(5)6)47-25-31-16-17-32-33(42-31)24-39(36(32)43-48(46)38(8,9)10)19-22-44(23-20-39)37-34-18-21-40-45(34)35(29(7)41-37)30-14-12-11-13-15-30/h11-18,21,26-28,36,43H,19-20,22-25H2,1-10H3/t36-,48-/m1/s1. The van der Waals surface area contributed by atoms with Crippen LogP contribution in [0.4, 0.5) is 5.82 Å². The molecule has 8 nitrogen and oxygen atoms in total. The number of pyridine rings is 1. The Kier molecular flexibility index (Phi) is 10.1. The molecule has 1 spiro atoms. The van der Waals surface area contributed by atoms with Crippen molar-refractivity contribution < 1.29 is 8.98 Å². The number of benzene rings is 1. The van der Waals surface area contributed by atoms with Crippen molar-refractivity contribution >= 4 is 31.0 Å². The normalized spacial score (nSPS) is 18.7. The minimum atomic E-state index is -2.02. The number of aromatic nitrogens is 4. The molecule has 6 rings (SSSR count). The molecule has 4 aromatic rings. The molecule has 0 saturated carbocycles. The second kappa shape index (κ2) is 13.8. The van der Waals surface area contributed by atoms with E-state index in [1.807, 2.05) is 37.5 Å². The fourth-order valence-electron chi connectivity index (χ4n) is 8.84. The minimum absolute atomic E-state index is 0.0345. The van der Waals surface area contributed by atoms with E-state index in [2.05, 4.69) is 101 Å². The largest absolute Gasteiger partial charge is 0.598 e. The number of hydrogen-bond acceptors (Lipinski definition) is 7. The summed E-state index contributed by atoms with van der Waals surface area (Å²) in [4.78, 5) is 12.9. The molecule has 10 heteroatoms. The molecule has 1 fully saturated rings. The maximum Gasteiger partial charge on any atom is 0.200 e. The average Bonchev–Trinajstić information content (AvgIpc) is 3.64. The number of nitrogens with zero attached hydrogens (tertiary/aromatic N) is 5. The maximum atomic E-state index is 13.7. The van der Waals surface area contributed by atoms with E-state index in [1.165, 1.54) is 5.56 Å². The highest BCUT2D eigenvalue weighted by atomic mass is 32.2. The predicted octanol–water partition coefficient (Wildman–Crippen LogP) is 8.73. The molecule has 2 atom stereocenters. The summed E-state index contributed by atoms with van der Waals surface area (Å²) in [5.41, 5.74) is 8.92. The molecule has 1 aliphatic carbocycles. The molecule has 4 heterocycles. The van der Waals surface area contributed by atoms with E-state index < -0.39 is 19.7 Å². The zero-order valence-corrected chi connectivity index (χ0v) is 33.0. The first kappa shape index (κ1) is 36.0. The lowest BCUT2D eigenvalue weighted by Crippen LogP contribution is -2.50. The molecule has 49 heavy (non-hydrogen) atoms. The second-order valence-electron chi connectivity index (χ2n) is 16.3. The van der Waals surface area contributed by atoms with E-state index >= 15 is 0 Å². The third-order valence-electron chi connectivity index (χ3n) is 11.3. The Morgan fingerprint density at radius 3 is 2.22 bits per heavy atom. The molecule has 0 unspecified atom stereocenters. The van der Waals surface area contributed by atoms with Crippen LogP contribution >= 0.6 is 0 Å². The first-order valence-corrected chi connectivity index (χ1v) is 21.4. The highest BCUT2D eigenvalue weighted by Crippen LogP contribution is 2.53. The predicted molar refractivity (Wildman–Crippen MR) is 205 cm³/mol. The van der Waals surface area contributed by atoms with E-state index in [4.69, 9.17) is 19.5 Å². The lowest BCUT2D eigenvalue weighted by molar-refractivity contribution is 0.175. The quantitative estimate of drug-likeness (QED) is 0.131. The number of aryl methyl sites for hydroxylation is 1. The first-order chi connectivity index (χ1) is 23.2. The van der Waals surface area contributed by atoms with Gasteiger partial charge < -0.3 is 13.9 Å². The van der Waals surface area contributed by atoms with Gasteiger partial charge in [0.1, 0.15) is 10.3 Å². The Hall–Kier alpha value is -2.76. The van der Waals surface area contributed by atoms with Gasteiger partial charge in [0, 0.05) is 41.1 Å². The fourth-order valence-corrected chi connectivity index (χ4v) is 15.2. The van der Waals surface area contributed by atoms with E-state index in [0.717, 1.165) is 72.0 Å². The van der Waals surface area contributed by atoms with Crippen LogP contribution in [0.25, 0.3) is 16.8 Å². The number of fused-ring (bicyclic) bond motifs is 2. The van der Waals surface area contributed by atoms with Crippen LogP contribution < -0.4 is 9.62 Å². The first-order valence-electron chi connectivity index (χ1n) is 18.1.